The van der Waals surface area contributed by atoms with E-state index in [0.717, 1.165) is 11.3 Å². The summed E-state index contributed by atoms with van der Waals surface area (Å²) in [6.07, 6.45) is 5.46. The van der Waals surface area contributed by atoms with Gasteiger partial charge in [0.2, 0.25) is 0 Å². The van der Waals surface area contributed by atoms with E-state index < -0.39 is 0 Å². The predicted octanol–water partition coefficient (Wildman–Crippen LogP) is 3.26. The third-order valence-corrected chi connectivity index (χ3v) is 2.58. The van der Waals surface area contributed by atoms with Gasteiger partial charge in [-0.05, 0) is 23.8 Å². The lowest BCUT2D eigenvalue weighted by atomic mass is 10.2. The monoisotopic (exact) mass is 238 g/mol. The highest BCUT2D eigenvalue weighted by molar-refractivity contribution is 5.49. The molecule has 90 valence electrons. The van der Waals surface area contributed by atoms with Crippen LogP contribution in [-0.2, 0) is 6.61 Å². The van der Waals surface area contributed by atoms with E-state index in [1.165, 1.54) is 0 Å². The van der Waals surface area contributed by atoms with E-state index in [2.05, 4.69) is 5.92 Å². The molecule has 0 atom stereocenters. The highest BCUT2D eigenvalue weighted by Crippen LogP contribution is 2.24. The van der Waals surface area contributed by atoms with Crippen LogP contribution >= 0.6 is 0 Å². The normalized spacial score (nSPS) is 9.56. The van der Waals surface area contributed by atoms with Crippen LogP contribution in [0.5, 0.6) is 11.5 Å². The van der Waals surface area contributed by atoms with E-state index in [4.69, 9.17) is 15.9 Å². The van der Waals surface area contributed by atoms with Gasteiger partial charge < -0.3 is 9.47 Å². The molecule has 0 aliphatic rings. The zero-order valence-electron chi connectivity index (χ0n) is 10.2. The lowest BCUT2D eigenvalue weighted by Crippen LogP contribution is -1.97. The molecular weight excluding hydrogens is 224 g/mol. The molecule has 0 heterocycles. The lowest BCUT2D eigenvalue weighted by molar-refractivity contribution is 0.304. The number of hydrogen-bond acceptors (Lipinski definition) is 2. The number of terminal acetylenes is 1. The topological polar surface area (TPSA) is 18.5 Å². The molecule has 0 bridgehead atoms. The highest BCUT2D eigenvalue weighted by atomic mass is 16.5. The largest absolute Gasteiger partial charge is 0.497 e. The maximum Gasteiger partial charge on any atom is 0.135 e. The first kappa shape index (κ1) is 12.1. The first-order chi connectivity index (χ1) is 8.83. The summed E-state index contributed by atoms with van der Waals surface area (Å²) < 4.78 is 10.8. The van der Waals surface area contributed by atoms with Crippen LogP contribution in [0.25, 0.3) is 0 Å². The minimum Gasteiger partial charge on any atom is -0.497 e. The molecule has 0 aliphatic carbocycles. The molecule has 0 N–H and O–H groups in total. The van der Waals surface area contributed by atoms with Gasteiger partial charge in [0.15, 0.2) is 0 Å². The van der Waals surface area contributed by atoms with Crippen LogP contribution in [0.15, 0.2) is 48.5 Å². The van der Waals surface area contributed by atoms with Crippen molar-refractivity contribution in [2.24, 2.45) is 0 Å². The molecule has 0 fully saturated rings. The second kappa shape index (κ2) is 5.79. The Balaban J connectivity index is 2.12. The van der Waals surface area contributed by atoms with Crippen LogP contribution in [0.1, 0.15) is 11.1 Å². The zero-order valence-corrected chi connectivity index (χ0v) is 10.2. The van der Waals surface area contributed by atoms with Gasteiger partial charge in [0.1, 0.15) is 18.1 Å². The summed E-state index contributed by atoms with van der Waals surface area (Å²) in [4.78, 5) is 0. The van der Waals surface area contributed by atoms with Gasteiger partial charge in [0.05, 0.1) is 12.7 Å². The summed E-state index contributed by atoms with van der Waals surface area (Å²) in [6.45, 7) is 0.502. The predicted molar refractivity (Wildman–Crippen MR) is 71.7 cm³/mol. The third kappa shape index (κ3) is 2.83. The van der Waals surface area contributed by atoms with Crippen molar-refractivity contribution in [3.8, 4) is 23.8 Å². The van der Waals surface area contributed by atoms with Crippen molar-refractivity contribution in [2.75, 3.05) is 7.11 Å². The molecule has 0 amide bonds. The standard InChI is InChI=1S/C16H14O2/c1-3-14-11-15(17-2)9-10-16(14)18-12-13-7-5-4-6-8-13/h1,4-11H,12H2,2H3. The molecule has 18 heavy (non-hydrogen) atoms. The second-order valence-electron chi connectivity index (χ2n) is 3.78. The molecule has 2 aromatic rings. The Morgan fingerprint density at radius 1 is 1.11 bits per heavy atom. The maximum absolute atomic E-state index is 5.72. The van der Waals surface area contributed by atoms with Crippen molar-refractivity contribution < 1.29 is 9.47 Å². The van der Waals surface area contributed by atoms with Crippen LogP contribution in [0.3, 0.4) is 0 Å². The summed E-state index contributed by atoms with van der Waals surface area (Å²) in [5.41, 5.74) is 1.81. The fourth-order valence-electron chi connectivity index (χ4n) is 1.61. The minimum atomic E-state index is 0.502. The zero-order chi connectivity index (χ0) is 12.8. The molecule has 0 radical (unpaired) electrons. The molecule has 2 aromatic carbocycles. The van der Waals surface area contributed by atoms with Crippen molar-refractivity contribution in [3.63, 3.8) is 0 Å². The summed E-state index contributed by atoms with van der Waals surface area (Å²) in [5.74, 6) is 4.03. The molecule has 0 aliphatic heterocycles. The van der Waals surface area contributed by atoms with E-state index in [9.17, 15) is 0 Å². The third-order valence-electron chi connectivity index (χ3n) is 2.58. The number of methoxy groups -OCH3 is 1. The van der Waals surface area contributed by atoms with Gasteiger partial charge in [-0.15, -0.1) is 6.42 Å². The van der Waals surface area contributed by atoms with Crippen LogP contribution in [-0.4, -0.2) is 7.11 Å². The van der Waals surface area contributed by atoms with Gasteiger partial charge >= 0.3 is 0 Å². The number of rotatable bonds is 4. The first-order valence-electron chi connectivity index (χ1n) is 5.65. The molecule has 0 aromatic heterocycles. The summed E-state index contributed by atoms with van der Waals surface area (Å²) >= 11 is 0. The van der Waals surface area contributed by atoms with Crippen molar-refractivity contribution in [3.05, 3.63) is 59.7 Å². The molecule has 0 spiro atoms. The van der Waals surface area contributed by atoms with E-state index in [1.807, 2.05) is 42.5 Å². The van der Waals surface area contributed by atoms with Crippen LogP contribution in [0.2, 0.25) is 0 Å². The second-order valence-corrected chi connectivity index (χ2v) is 3.78. The molecule has 2 rings (SSSR count). The lowest BCUT2D eigenvalue weighted by Gasteiger charge is -2.09. The van der Waals surface area contributed by atoms with Crippen LogP contribution in [0.4, 0.5) is 0 Å². The average molecular weight is 238 g/mol. The molecule has 0 unspecified atom stereocenters. The Bertz CT molecular complexity index is 553. The van der Waals surface area contributed by atoms with Crippen LogP contribution in [0, 0.1) is 12.3 Å². The Morgan fingerprint density at radius 3 is 2.56 bits per heavy atom. The molecular formula is C16H14O2. The van der Waals surface area contributed by atoms with Crippen molar-refractivity contribution in [1.29, 1.82) is 0 Å². The van der Waals surface area contributed by atoms with E-state index in [0.29, 0.717) is 17.9 Å². The summed E-state index contributed by atoms with van der Waals surface area (Å²) in [6, 6.07) is 15.4. The quantitative estimate of drug-likeness (QED) is 0.761. The van der Waals surface area contributed by atoms with Gasteiger partial charge in [-0.3, -0.25) is 0 Å². The smallest absolute Gasteiger partial charge is 0.135 e. The molecule has 0 saturated heterocycles. The first-order valence-corrected chi connectivity index (χ1v) is 5.65. The van der Waals surface area contributed by atoms with E-state index >= 15 is 0 Å². The Kier molecular flexibility index (Phi) is 3.88. The van der Waals surface area contributed by atoms with Gasteiger partial charge in [-0.2, -0.15) is 0 Å². The Labute approximate surface area is 107 Å². The van der Waals surface area contributed by atoms with Crippen molar-refractivity contribution >= 4 is 0 Å². The number of benzene rings is 2. The minimum absolute atomic E-state index is 0.502. The van der Waals surface area contributed by atoms with Gasteiger partial charge in [-0.1, -0.05) is 36.3 Å². The van der Waals surface area contributed by atoms with E-state index in [-0.39, 0.29) is 0 Å². The Hall–Kier alpha value is -2.40. The van der Waals surface area contributed by atoms with Gasteiger partial charge in [0.25, 0.3) is 0 Å². The van der Waals surface area contributed by atoms with Crippen molar-refractivity contribution in [1.82, 2.24) is 0 Å². The van der Waals surface area contributed by atoms with Gasteiger partial charge in [0, 0.05) is 0 Å². The van der Waals surface area contributed by atoms with E-state index in [1.54, 1.807) is 13.2 Å². The fraction of sp³-hybridized carbons (Fsp3) is 0.125. The van der Waals surface area contributed by atoms with Gasteiger partial charge in [-0.25, -0.2) is 0 Å². The molecule has 2 nitrogen and oxygen atoms in total. The Morgan fingerprint density at radius 2 is 1.89 bits per heavy atom. The van der Waals surface area contributed by atoms with Crippen molar-refractivity contribution in [2.45, 2.75) is 6.61 Å². The van der Waals surface area contributed by atoms with Crippen LogP contribution < -0.4 is 9.47 Å². The molecule has 2 heteroatoms. The number of ether oxygens (including phenoxy) is 2. The molecule has 0 saturated carbocycles. The summed E-state index contributed by atoms with van der Waals surface area (Å²) in [5, 5.41) is 0. The maximum atomic E-state index is 5.72. The fourth-order valence-corrected chi connectivity index (χ4v) is 1.61. The number of hydrogen-bond donors (Lipinski definition) is 0. The SMILES string of the molecule is C#Cc1cc(OC)ccc1OCc1ccccc1. The average Bonchev–Trinajstić information content (AvgIpc) is 2.46. The highest BCUT2D eigenvalue weighted by Gasteiger charge is 2.03. The summed E-state index contributed by atoms with van der Waals surface area (Å²) in [7, 11) is 1.61.